The predicted molar refractivity (Wildman–Crippen MR) is 160 cm³/mol. The second-order valence-corrected chi connectivity index (χ2v) is 11.2. The van der Waals surface area contributed by atoms with Crippen LogP contribution in [0, 0.1) is 0 Å². The topological polar surface area (TPSA) is 94.8 Å². The van der Waals surface area contributed by atoms with Gasteiger partial charge in [-0.05, 0) is 91.7 Å². The normalized spacial score (nSPS) is 12.1. The maximum absolute atomic E-state index is 12.4. The predicted octanol–water partition coefficient (Wildman–Crippen LogP) is 6.77. The molecule has 0 aliphatic heterocycles. The highest BCUT2D eigenvalue weighted by atomic mass is 35.5. The monoisotopic (exact) mass is 566 g/mol. The van der Waals surface area contributed by atoms with Crippen molar-refractivity contribution >= 4 is 23.3 Å². The van der Waals surface area contributed by atoms with Crippen LogP contribution in [0.4, 0.5) is 5.69 Å². The Morgan fingerprint density at radius 2 is 1.78 bits per heavy atom. The van der Waals surface area contributed by atoms with Crippen LogP contribution >= 0.6 is 11.6 Å². The number of benzene rings is 3. The lowest BCUT2D eigenvalue weighted by atomic mass is 9.94. The molecule has 1 N–H and O–H groups in total. The average Bonchev–Trinajstić information content (AvgIpc) is 3.50. The van der Waals surface area contributed by atoms with Crippen LogP contribution in [0.25, 0.3) is 16.8 Å². The van der Waals surface area contributed by atoms with Crippen molar-refractivity contribution in [3.63, 3.8) is 0 Å². The van der Waals surface area contributed by atoms with E-state index in [1.54, 1.807) is 23.1 Å². The molecule has 8 nitrogen and oxygen atoms in total. The van der Waals surface area contributed by atoms with Crippen LogP contribution in [0.5, 0.6) is 0 Å². The van der Waals surface area contributed by atoms with E-state index in [0.717, 1.165) is 34.6 Å². The second kappa shape index (κ2) is 12.3. The molecular formula is C32H31ClN6O2. The van der Waals surface area contributed by atoms with Crippen LogP contribution < -0.4 is 5.32 Å². The second-order valence-electron chi connectivity index (χ2n) is 10.7. The summed E-state index contributed by atoms with van der Waals surface area (Å²) in [6.45, 7) is 6.23. The number of ether oxygens (including phenoxy) is 1. The van der Waals surface area contributed by atoms with E-state index in [1.165, 1.54) is 5.56 Å². The van der Waals surface area contributed by atoms with Gasteiger partial charge >= 0.3 is 5.97 Å². The van der Waals surface area contributed by atoms with Crippen molar-refractivity contribution < 1.29 is 9.53 Å². The van der Waals surface area contributed by atoms with E-state index < -0.39 is 5.60 Å². The van der Waals surface area contributed by atoms with Crippen LogP contribution in [-0.2, 0) is 11.2 Å². The minimum Gasteiger partial charge on any atom is -0.456 e. The number of nitrogens with one attached hydrogen (secondary N) is 1. The summed E-state index contributed by atoms with van der Waals surface area (Å²) in [4.78, 5) is 17.3. The van der Waals surface area contributed by atoms with Gasteiger partial charge in [-0.2, -0.15) is 4.68 Å². The van der Waals surface area contributed by atoms with Gasteiger partial charge in [0.1, 0.15) is 11.9 Å². The van der Waals surface area contributed by atoms with Crippen LogP contribution in [-0.4, -0.2) is 43.3 Å². The van der Waals surface area contributed by atoms with E-state index in [0.29, 0.717) is 17.1 Å². The lowest BCUT2D eigenvalue weighted by Crippen LogP contribution is -2.23. The number of halogens is 1. The number of carbonyl (C=O) groups excluding carboxylic acids is 1. The van der Waals surface area contributed by atoms with E-state index in [9.17, 15) is 4.79 Å². The molecule has 41 heavy (non-hydrogen) atoms. The van der Waals surface area contributed by atoms with Crippen molar-refractivity contribution in [1.82, 2.24) is 25.2 Å². The minimum atomic E-state index is -0.539. The van der Waals surface area contributed by atoms with Crippen LogP contribution in [0.1, 0.15) is 48.3 Å². The summed E-state index contributed by atoms with van der Waals surface area (Å²) in [5, 5.41) is 15.7. The first-order valence-electron chi connectivity index (χ1n) is 13.4. The van der Waals surface area contributed by atoms with Crippen LogP contribution in [0.3, 0.4) is 0 Å². The number of esters is 1. The Morgan fingerprint density at radius 3 is 2.44 bits per heavy atom. The van der Waals surface area contributed by atoms with E-state index in [-0.39, 0.29) is 11.9 Å². The summed E-state index contributed by atoms with van der Waals surface area (Å²) in [6, 6.07) is 27.4. The Morgan fingerprint density at radius 1 is 1.00 bits per heavy atom. The molecule has 0 aliphatic rings. The van der Waals surface area contributed by atoms with E-state index >= 15 is 0 Å². The summed E-state index contributed by atoms with van der Waals surface area (Å²) < 4.78 is 7.08. The molecule has 208 valence electrons. The number of hydrogen-bond donors (Lipinski definition) is 1. The lowest BCUT2D eigenvalue weighted by Gasteiger charge is -2.20. The molecule has 0 spiro atoms. The summed E-state index contributed by atoms with van der Waals surface area (Å²) in [5.74, 6) is -0.242. The molecule has 0 bridgehead atoms. The smallest absolute Gasteiger partial charge is 0.338 e. The largest absolute Gasteiger partial charge is 0.456 e. The molecule has 0 amide bonds. The molecule has 5 aromatic rings. The number of tetrazole rings is 1. The van der Waals surface area contributed by atoms with Gasteiger partial charge in [-0.15, -0.1) is 5.10 Å². The number of carbonyl (C=O) groups is 1. The van der Waals surface area contributed by atoms with E-state index in [1.807, 2.05) is 75.5 Å². The van der Waals surface area contributed by atoms with Gasteiger partial charge < -0.3 is 10.1 Å². The molecule has 1 atom stereocenters. The van der Waals surface area contributed by atoms with Crippen molar-refractivity contribution in [3.8, 4) is 16.8 Å². The highest BCUT2D eigenvalue weighted by Crippen LogP contribution is 2.30. The Balaban J connectivity index is 1.36. The fraction of sp³-hybridized carbons (Fsp3) is 0.219. The van der Waals surface area contributed by atoms with Crippen LogP contribution in [0.15, 0.2) is 97.5 Å². The molecule has 0 aliphatic carbocycles. The number of rotatable bonds is 9. The van der Waals surface area contributed by atoms with Gasteiger partial charge in [0, 0.05) is 46.2 Å². The maximum atomic E-state index is 12.4. The first-order chi connectivity index (χ1) is 19.7. The standard InChI is InChI=1S/C32H31ClN6O2/c1-32(2,3)41-31(40)23-9-13-27(14-10-23)34-20-25(17-22-7-5-4-6-8-22)29-15-11-24(19-35-29)28-18-26(33)12-16-30(28)39-21-36-37-38-39/h4-16,18-19,21,25,34H,17,20H2,1-3H3. The summed E-state index contributed by atoms with van der Waals surface area (Å²) >= 11 is 6.34. The first-order valence-corrected chi connectivity index (χ1v) is 13.7. The summed E-state index contributed by atoms with van der Waals surface area (Å²) in [7, 11) is 0. The fourth-order valence-electron chi connectivity index (χ4n) is 4.50. The molecule has 2 aromatic heterocycles. The minimum absolute atomic E-state index is 0.0929. The van der Waals surface area contributed by atoms with Crippen molar-refractivity contribution in [1.29, 1.82) is 0 Å². The number of aromatic nitrogens is 5. The van der Waals surface area contributed by atoms with Crippen molar-refractivity contribution in [3.05, 3.63) is 119 Å². The van der Waals surface area contributed by atoms with Gasteiger partial charge in [-0.25, -0.2) is 4.79 Å². The highest BCUT2D eigenvalue weighted by Gasteiger charge is 2.19. The molecular weight excluding hydrogens is 536 g/mol. The summed E-state index contributed by atoms with van der Waals surface area (Å²) in [6.07, 6.45) is 4.22. The third kappa shape index (κ3) is 7.35. The molecule has 2 heterocycles. The third-order valence-corrected chi connectivity index (χ3v) is 6.70. The van der Waals surface area contributed by atoms with Gasteiger partial charge in [0.2, 0.25) is 0 Å². The molecule has 0 saturated carbocycles. The first kappa shape index (κ1) is 28.0. The van der Waals surface area contributed by atoms with Crippen molar-refractivity contribution in [2.75, 3.05) is 11.9 Å². The van der Waals surface area contributed by atoms with E-state index in [4.69, 9.17) is 21.3 Å². The zero-order chi connectivity index (χ0) is 28.8. The third-order valence-electron chi connectivity index (χ3n) is 6.47. The molecule has 0 saturated heterocycles. The van der Waals surface area contributed by atoms with Gasteiger partial charge in [0.15, 0.2) is 0 Å². The molecule has 5 rings (SSSR count). The Hall–Kier alpha value is -4.56. The fourth-order valence-corrected chi connectivity index (χ4v) is 4.67. The molecule has 3 aromatic carbocycles. The molecule has 0 fully saturated rings. The Bertz CT molecular complexity index is 1580. The SMILES string of the molecule is CC(C)(C)OC(=O)c1ccc(NCC(Cc2ccccc2)c2ccc(-c3cc(Cl)ccc3-n3cnnn3)cn2)cc1. The maximum Gasteiger partial charge on any atom is 0.338 e. The van der Waals surface area contributed by atoms with Gasteiger partial charge in [-0.1, -0.05) is 48.0 Å². The quantitative estimate of drug-likeness (QED) is 0.197. The Kier molecular flexibility index (Phi) is 8.40. The number of nitrogens with zero attached hydrogens (tertiary/aromatic N) is 5. The highest BCUT2D eigenvalue weighted by molar-refractivity contribution is 6.31. The average molecular weight is 567 g/mol. The number of anilines is 1. The zero-order valence-electron chi connectivity index (χ0n) is 23.2. The van der Waals surface area contributed by atoms with Gasteiger partial charge in [0.25, 0.3) is 0 Å². The van der Waals surface area contributed by atoms with E-state index in [2.05, 4.69) is 45.1 Å². The van der Waals surface area contributed by atoms with Crippen molar-refractivity contribution in [2.24, 2.45) is 0 Å². The summed E-state index contributed by atoms with van der Waals surface area (Å²) in [5.41, 5.74) is 5.68. The van der Waals surface area contributed by atoms with Crippen molar-refractivity contribution in [2.45, 2.75) is 38.7 Å². The number of pyridine rings is 1. The Labute approximate surface area is 244 Å². The lowest BCUT2D eigenvalue weighted by molar-refractivity contribution is 0.00695. The zero-order valence-corrected chi connectivity index (χ0v) is 23.9. The number of hydrogen-bond acceptors (Lipinski definition) is 7. The van der Waals surface area contributed by atoms with Gasteiger partial charge in [0.05, 0.1) is 11.3 Å². The molecule has 9 heteroatoms. The molecule has 0 radical (unpaired) electrons. The van der Waals surface area contributed by atoms with Gasteiger partial charge in [-0.3, -0.25) is 4.98 Å². The van der Waals surface area contributed by atoms with Crippen LogP contribution in [0.2, 0.25) is 5.02 Å². The molecule has 1 unspecified atom stereocenters.